The molecule has 2 aromatic carbocycles. The molecule has 0 radical (unpaired) electrons. The van der Waals surface area contributed by atoms with Gasteiger partial charge in [0.25, 0.3) is 11.6 Å². The first kappa shape index (κ1) is 20.8. The van der Waals surface area contributed by atoms with E-state index in [-0.39, 0.29) is 11.3 Å². The van der Waals surface area contributed by atoms with Crippen molar-refractivity contribution in [1.82, 2.24) is 4.90 Å². The number of likely N-dealkylation sites (N-methyl/N-ethyl adjacent to an activating group) is 1. The van der Waals surface area contributed by atoms with Gasteiger partial charge in [-0.05, 0) is 29.8 Å². The summed E-state index contributed by atoms with van der Waals surface area (Å²) in [7, 11) is 1.59. The van der Waals surface area contributed by atoms with E-state index in [4.69, 9.17) is 14.2 Å². The number of para-hydroxylation sites is 1. The summed E-state index contributed by atoms with van der Waals surface area (Å²) in [6, 6.07) is 11.4. The lowest BCUT2D eigenvalue weighted by Gasteiger charge is -2.21. The van der Waals surface area contributed by atoms with E-state index in [1.165, 1.54) is 29.2 Å². The molecule has 0 fully saturated rings. The van der Waals surface area contributed by atoms with Crippen LogP contribution < -0.4 is 9.47 Å². The third kappa shape index (κ3) is 5.34. The Bertz CT molecular complexity index is 987. The Balaban J connectivity index is 1.51. The number of ether oxygens (including phenoxy) is 3. The van der Waals surface area contributed by atoms with Crippen LogP contribution in [0, 0.1) is 10.1 Å². The topological polar surface area (TPSA) is 108 Å². The van der Waals surface area contributed by atoms with Crippen LogP contribution in [0.2, 0.25) is 0 Å². The molecule has 156 valence electrons. The zero-order valence-corrected chi connectivity index (χ0v) is 16.3. The lowest BCUT2D eigenvalue weighted by Crippen LogP contribution is -2.30. The number of fused-ring (bicyclic) bond motifs is 1. The zero-order valence-electron chi connectivity index (χ0n) is 16.3. The third-order valence-electron chi connectivity index (χ3n) is 4.32. The van der Waals surface area contributed by atoms with Gasteiger partial charge in [0.2, 0.25) is 0 Å². The predicted molar refractivity (Wildman–Crippen MR) is 107 cm³/mol. The van der Waals surface area contributed by atoms with Gasteiger partial charge < -0.3 is 19.1 Å². The molecule has 9 nitrogen and oxygen atoms in total. The third-order valence-corrected chi connectivity index (χ3v) is 4.32. The fraction of sp³-hybridized carbons (Fsp3) is 0.238. The minimum absolute atomic E-state index is 0.128. The fourth-order valence-corrected chi connectivity index (χ4v) is 2.79. The van der Waals surface area contributed by atoms with E-state index in [1.54, 1.807) is 25.2 Å². The van der Waals surface area contributed by atoms with Crippen molar-refractivity contribution in [2.75, 3.05) is 26.9 Å². The smallest absolute Gasteiger partial charge is 0.331 e. The highest BCUT2D eigenvalue weighted by Crippen LogP contribution is 2.31. The van der Waals surface area contributed by atoms with E-state index in [9.17, 15) is 19.7 Å². The molecular weight excluding hydrogens is 392 g/mol. The molecule has 0 saturated carbocycles. The van der Waals surface area contributed by atoms with Crippen molar-refractivity contribution in [1.29, 1.82) is 0 Å². The maximum Gasteiger partial charge on any atom is 0.331 e. The van der Waals surface area contributed by atoms with Crippen LogP contribution in [0.1, 0.15) is 11.1 Å². The molecule has 0 N–H and O–H groups in total. The largest absolute Gasteiger partial charge is 0.486 e. The van der Waals surface area contributed by atoms with Gasteiger partial charge in [-0.15, -0.1) is 0 Å². The maximum absolute atomic E-state index is 12.2. The highest BCUT2D eigenvalue weighted by Gasteiger charge is 2.16. The molecule has 1 aliphatic rings. The van der Waals surface area contributed by atoms with Crippen LogP contribution in [-0.4, -0.2) is 48.6 Å². The first-order valence-corrected chi connectivity index (χ1v) is 9.15. The van der Waals surface area contributed by atoms with Crippen LogP contribution in [0.5, 0.6) is 11.5 Å². The van der Waals surface area contributed by atoms with Gasteiger partial charge in [0.05, 0.1) is 10.5 Å². The Hall–Kier alpha value is -3.88. The second-order valence-corrected chi connectivity index (χ2v) is 6.48. The zero-order chi connectivity index (χ0) is 21.5. The Labute approximate surface area is 172 Å². The molecule has 0 aromatic heterocycles. The number of nitrogens with zero attached hydrogens (tertiary/aromatic N) is 2. The number of esters is 1. The van der Waals surface area contributed by atoms with Crippen LogP contribution in [0.15, 0.2) is 48.5 Å². The van der Waals surface area contributed by atoms with Gasteiger partial charge in [0.1, 0.15) is 13.2 Å². The fourth-order valence-electron chi connectivity index (χ4n) is 2.79. The van der Waals surface area contributed by atoms with Crippen molar-refractivity contribution in [3.05, 3.63) is 69.8 Å². The Morgan fingerprint density at radius 3 is 2.67 bits per heavy atom. The molecule has 1 amide bonds. The van der Waals surface area contributed by atoms with Crippen LogP contribution in [0.25, 0.3) is 6.08 Å². The average Bonchev–Trinajstić information content (AvgIpc) is 2.76. The van der Waals surface area contributed by atoms with E-state index in [0.29, 0.717) is 31.3 Å². The standard InChI is InChI=1S/C21H20N2O7/c1-22(13-15-6-8-18-19(12-15)29-11-10-28-18)20(24)14-30-21(25)9-7-16-4-2-3-5-17(16)23(26)27/h2-9,12H,10-11,13-14H2,1H3/b9-7+. The molecule has 3 rings (SSSR count). The van der Waals surface area contributed by atoms with E-state index >= 15 is 0 Å². The lowest BCUT2D eigenvalue weighted by molar-refractivity contribution is -0.385. The number of hydrogen-bond donors (Lipinski definition) is 0. The quantitative estimate of drug-likeness (QED) is 0.298. The Morgan fingerprint density at radius 1 is 1.17 bits per heavy atom. The number of carbonyl (C=O) groups is 2. The summed E-state index contributed by atoms with van der Waals surface area (Å²) < 4.78 is 15.9. The molecule has 0 bridgehead atoms. The van der Waals surface area contributed by atoms with Crippen LogP contribution >= 0.6 is 0 Å². The monoisotopic (exact) mass is 412 g/mol. The predicted octanol–water partition coefficient (Wildman–Crippen LogP) is 2.58. The molecule has 0 spiro atoms. The van der Waals surface area contributed by atoms with Crippen molar-refractivity contribution in [3.8, 4) is 11.5 Å². The molecule has 9 heteroatoms. The molecule has 0 saturated heterocycles. The van der Waals surface area contributed by atoms with Crippen molar-refractivity contribution in [2.45, 2.75) is 6.54 Å². The summed E-state index contributed by atoms with van der Waals surface area (Å²) in [6.07, 6.45) is 2.33. The minimum atomic E-state index is -0.769. The number of benzene rings is 2. The van der Waals surface area contributed by atoms with Crippen molar-refractivity contribution < 1.29 is 28.7 Å². The van der Waals surface area contributed by atoms with Gasteiger partial charge in [0.15, 0.2) is 18.1 Å². The molecule has 2 aromatic rings. The summed E-state index contributed by atoms with van der Waals surface area (Å²) in [5, 5.41) is 11.0. The van der Waals surface area contributed by atoms with Gasteiger partial charge in [-0.2, -0.15) is 0 Å². The number of rotatable bonds is 7. The van der Waals surface area contributed by atoms with E-state index in [0.717, 1.165) is 11.6 Å². The number of nitro groups is 1. The van der Waals surface area contributed by atoms with Gasteiger partial charge in [-0.1, -0.05) is 18.2 Å². The maximum atomic E-state index is 12.2. The SMILES string of the molecule is CN(Cc1ccc2c(c1)OCCO2)C(=O)COC(=O)/C=C/c1ccccc1[N+](=O)[O-]. The molecule has 0 aliphatic carbocycles. The number of carbonyl (C=O) groups excluding carboxylic acids is 2. The first-order chi connectivity index (χ1) is 14.4. The van der Waals surface area contributed by atoms with Gasteiger partial charge in [0, 0.05) is 25.7 Å². The summed E-state index contributed by atoms with van der Waals surface area (Å²) in [5.41, 5.74) is 0.982. The van der Waals surface area contributed by atoms with Crippen molar-refractivity contribution >= 4 is 23.6 Å². The van der Waals surface area contributed by atoms with E-state index in [2.05, 4.69) is 0 Å². The lowest BCUT2D eigenvalue weighted by atomic mass is 10.1. The summed E-state index contributed by atoms with van der Waals surface area (Å²) in [6.45, 7) is 0.836. The van der Waals surface area contributed by atoms with Gasteiger partial charge >= 0.3 is 5.97 Å². The molecule has 0 atom stereocenters. The summed E-state index contributed by atoms with van der Waals surface area (Å²) in [4.78, 5) is 36.0. The van der Waals surface area contributed by atoms with Gasteiger partial charge in [-0.25, -0.2) is 4.79 Å². The van der Waals surface area contributed by atoms with E-state index in [1.807, 2.05) is 6.07 Å². The second kappa shape index (κ2) is 9.55. The summed E-state index contributed by atoms with van der Waals surface area (Å²) in [5.74, 6) is 0.135. The van der Waals surface area contributed by atoms with Crippen molar-refractivity contribution in [3.63, 3.8) is 0 Å². The Morgan fingerprint density at radius 2 is 1.90 bits per heavy atom. The average molecular weight is 412 g/mol. The summed E-state index contributed by atoms with van der Waals surface area (Å²) >= 11 is 0. The van der Waals surface area contributed by atoms with Gasteiger partial charge in [-0.3, -0.25) is 14.9 Å². The second-order valence-electron chi connectivity index (χ2n) is 6.48. The number of hydrogen-bond acceptors (Lipinski definition) is 7. The molecular formula is C21H20N2O7. The molecule has 1 heterocycles. The molecule has 30 heavy (non-hydrogen) atoms. The Kier molecular flexibility index (Phi) is 6.63. The normalized spacial score (nSPS) is 12.4. The highest BCUT2D eigenvalue weighted by atomic mass is 16.6. The van der Waals surface area contributed by atoms with Crippen molar-refractivity contribution in [2.24, 2.45) is 0 Å². The molecule has 1 aliphatic heterocycles. The molecule has 0 unspecified atom stereocenters. The highest BCUT2D eigenvalue weighted by molar-refractivity contribution is 5.89. The first-order valence-electron chi connectivity index (χ1n) is 9.15. The van der Waals surface area contributed by atoms with Crippen LogP contribution in [0.3, 0.4) is 0 Å². The minimum Gasteiger partial charge on any atom is -0.486 e. The van der Waals surface area contributed by atoms with Crippen LogP contribution in [-0.2, 0) is 20.9 Å². The van der Waals surface area contributed by atoms with E-state index < -0.39 is 23.4 Å². The number of nitro benzene ring substituents is 1. The van der Waals surface area contributed by atoms with Crippen LogP contribution in [0.4, 0.5) is 5.69 Å². The number of amides is 1.